The summed E-state index contributed by atoms with van der Waals surface area (Å²) in [6.07, 6.45) is -9.87. The molecule has 0 spiro atoms. The Bertz CT molecular complexity index is 1970. The molecule has 0 amide bonds. The van der Waals surface area contributed by atoms with Gasteiger partial charge in [-0.15, -0.1) is 0 Å². The fourth-order valence-electron chi connectivity index (χ4n) is 11.1. The van der Waals surface area contributed by atoms with Gasteiger partial charge in [-0.2, -0.15) is 0 Å². The molecule has 3 aliphatic rings. The first kappa shape index (κ1) is 63.3. The zero-order valence-corrected chi connectivity index (χ0v) is 47.1. The fourth-order valence-corrected chi connectivity index (χ4v) is 11.1. The van der Waals surface area contributed by atoms with Gasteiger partial charge in [-0.1, -0.05) is 51.1 Å². The molecule has 4 rings (SSSR count). The number of ether oxygens (including phenoxy) is 12. The minimum absolute atomic E-state index is 0.0171. The normalized spacial score (nSPS) is 33.6. The highest BCUT2D eigenvalue weighted by Gasteiger charge is 2.58. The van der Waals surface area contributed by atoms with Crippen LogP contribution in [0.15, 0.2) is 30.3 Å². The molecule has 0 unspecified atom stereocenters. The lowest BCUT2D eigenvalue weighted by Gasteiger charge is -2.54. The van der Waals surface area contributed by atoms with Crippen LogP contribution < -0.4 is 0 Å². The number of esters is 6. The summed E-state index contributed by atoms with van der Waals surface area (Å²) in [7, 11) is 8.12. The summed E-state index contributed by atoms with van der Waals surface area (Å²) >= 11 is 0. The van der Waals surface area contributed by atoms with Gasteiger partial charge in [0.1, 0.15) is 42.7 Å². The summed E-state index contributed by atoms with van der Waals surface area (Å²) < 4.78 is 75.4. The molecule has 426 valence electrons. The molecule has 3 heterocycles. The highest BCUT2D eigenvalue weighted by Crippen LogP contribution is 2.44. The molecule has 20 nitrogen and oxygen atoms in total. The lowest BCUT2D eigenvalue weighted by molar-refractivity contribution is -0.320. The van der Waals surface area contributed by atoms with E-state index >= 15 is 0 Å². The Kier molecular flexibility index (Phi) is 25.3. The Morgan fingerprint density at radius 2 is 1.44 bits per heavy atom. The first-order valence-electron chi connectivity index (χ1n) is 26.6. The van der Waals surface area contributed by atoms with Gasteiger partial charge in [0, 0.05) is 93.3 Å². The summed E-state index contributed by atoms with van der Waals surface area (Å²) in [4.78, 5) is 83.7. The van der Waals surface area contributed by atoms with E-state index in [9.17, 15) is 28.8 Å². The minimum Gasteiger partial charge on any atom is -0.463 e. The van der Waals surface area contributed by atoms with E-state index in [0.717, 1.165) is 5.56 Å². The van der Waals surface area contributed by atoms with Crippen LogP contribution in [0.3, 0.4) is 0 Å². The monoisotopic (exact) mass is 1060 g/mol. The topological polar surface area (TPSA) is 220 Å². The maximum absolute atomic E-state index is 14.2. The third kappa shape index (κ3) is 18.4. The summed E-state index contributed by atoms with van der Waals surface area (Å²) in [5.41, 5.74) is -0.233. The number of methoxy groups -OCH3 is 3. The molecule has 0 radical (unpaired) electrons. The number of nitrogens with zero attached hydrogens (tertiary/aromatic N) is 2. The average Bonchev–Trinajstić information content (AvgIpc) is 3.33. The van der Waals surface area contributed by atoms with Gasteiger partial charge in [0.25, 0.3) is 0 Å². The maximum Gasteiger partial charge on any atom is 0.309 e. The molecular weight excluding hydrogens is 977 g/mol. The van der Waals surface area contributed by atoms with Gasteiger partial charge in [0.2, 0.25) is 0 Å². The molecule has 0 bridgehead atoms. The van der Waals surface area contributed by atoms with Gasteiger partial charge in [-0.25, -0.2) is 0 Å². The number of carbonyl (C=O) groups excluding carboxylic acids is 6. The average molecular weight is 1070 g/mol. The van der Waals surface area contributed by atoms with Crippen molar-refractivity contribution in [2.75, 3.05) is 55.1 Å². The van der Waals surface area contributed by atoms with Crippen molar-refractivity contribution in [2.45, 2.75) is 206 Å². The molecule has 3 fully saturated rings. The Morgan fingerprint density at radius 1 is 0.800 bits per heavy atom. The summed E-state index contributed by atoms with van der Waals surface area (Å²) in [5.74, 6) is -5.28. The molecule has 0 saturated carbocycles. The number of cyclic esters (lactones) is 1. The molecule has 3 aliphatic heterocycles. The quantitative estimate of drug-likeness (QED) is 0.0934. The van der Waals surface area contributed by atoms with Crippen molar-refractivity contribution in [1.82, 2.24) is 9.80 Å². The molecule has 0 aliphatic carbocycles. The van der Waals surface area contributed by atoms with Crippen molar-refractivity contribution >= 4 is 35.8 Å². The van der Waals surface area contributed by atoms with Crippen LogP contribution in [0, 0.1) is 17.8 Å². The smallest absolute Gasteiger partial charge is 0.309 e. The SMILES string of the molecule is CCC(=O)O[C@@H]1CC(=O)O[C@H](C)CCN(CCc2ccccc2)C[C@H](OC(C)=O)[C@H](C)C[C@H](CC(OC)OC)[C@H]([C@@H]2O[C@H](C)[C@@H](O[C@@H]3C[C@@](C)(OC(C)=O)[C@@H](OC(=O)CC)[C@H](C)O3)[C@H](N(C)C)[C@H]2OC(C)=O)[C@@H]1OC. The van der Waals surface area contributed by atoms with Gasteiger partial charge in [0.05, 0.1) is 24.7 Å². The Morgan fingerprint density at radius 3 is 2.01 bits per heavy atom. The van der Waals surface area contributed by atoms with Crippen molar-refractivity contribution in [3.63, 3.8) is 0 Å². The Balaban J connectivity index is 1.94. The fraction of sp³-hybridized carbons (Fsp3) is 0.782. The van der Waals surface area contributed by atoms with Crippen LogP contribution in [0.4, 0.5) is 0 Å². The molecule has 16 atom stereocenters. The molecule has 20 heteroatoms. The Labute approximate surface area is 444 Å². The van der Waals surface area contributed by atoms with Crippen LogP contribution >= 0.6 is 0 Å². The highest BCUT2D eigenvalue weighted by molar-refractivity contribution is 5.73. The van der Waals surface area contributed by atoms with Crippen molar-refractivity contribution in [3.05, 3.63) is 35.9 Å². The van der Waals surface area contributed by atoms with Crippen LogP contribution in [0.1, 0.15) is 120 Å². The van der Waals surface area contributed by atoms with E-state index in [1.165, 1.54) is 42.1 Å². The lowest BCUT2D eigenvalue weighted by atomic mass is 9.70. The summed E-state index contributed by atoms with van der Waals surface area (Å²) in [6, 6.07) is 9.27. The molecule has 1 aromatic carbocycles. The number of likely N-dealkylation sites (N-methyl/N-ethyl adjacent to an activating group) is 1. The second kappa shape index (κ2) is 30.0. The highest BCUT2D eigenvalue weighted by atomic mass is 16.7. The third-order valence-electron chi connectivity index (χ3n) is 14.6. The van der Waals surface area contributed by atoms with E-state index in [0.29, 0.717) is 38.9 Å². The molecule has 0 aromatic heterocycles. The predicted molar refractivity (Wildman–Crippen MR) is 273 cm³/mol. The summed E-state index contributed by atoms with van der Waals surface area (Å²) in [6.45, 7) is 17.7. The van der Waals surface area contributed by atoms with E-state index < -0.39 is 139 Å². The molecule has 0 N–H and O–H groups in total. The second-order valence-corrected chi connectivity index (χ2v) is 20.8. The summed E-state index contributed by atoms with van der Waals surface area (Å²) in [5, 5.41) is 0. The maximum atomic E-state index is 14.2. The van der Waals surface area contributed by atoms with Gasteiger partial charge >= 0.3 is 35.8 Å². The molecule has 1 aromatic rings. The second-order valence-electron chi connectivity index (χ2n) is 20.8. The van der Waals surface area contributed by atoms with Crippen molar-refractivity contribution < 1.29 is 85.6 Å². The predicted octanol–water partition coefficient (Wildman–Crippen LogP) is 5.61. The lowest BCUT2D eigenvalue weighted by Crippen LogP contribution is -2.68. The number of rotatable bonds is 19. The van der Waals surface area contributed by atoms with E-state index in [1.54, 1.807) is 27.7 Å². The van der Waals surface area contributed by atoms with Gasteiger partial charge in [-0.3, -0.25) is 33.7 Å². The van der Waals surface area contributed by atoms with E-state index in [-0.39, 0.29) is 31.6 Å². The van der Waals surface area contributed by atoms with Crippen molar-refractivity contribution in [1.29, 1.82) is 0 Å². The van der Waals surface area contributed by atoms with Crippen molar-refractivity contribution in [3.8, 4) is 0 Å². The van der Waals surface area contributed by atoms with Crippen molar-refractivity contribution in [2.24, 2.45) is 17.8 Å². The van der Waals surface area contributed by atoms with Crippen LogP contribution in [0.2, 0.25) is 0 Å². The largest absolute Gasteiger partial charge is 0.463 e. The standard InChI is InChI=1S/C55H88N2O18/c1-16-43(61)72-41-29-45(63)67-33(4)23-25-57(26-24-39-21-19-18-20-22-39)31-42(70-36(7)58)32(3)27-40(28-46(64-13)65-14)48(51(41)66-15)52-53(71-37(8)59)49(56(11)12)50(34(5)69-52)74-47-30-55(10,75-38(9)60)54(35(6)68-47)73-44(62)17-2/h18-22,32-35,40-42,46-54H,16-17,23-31H2,1-15H3/t32-,33-,34-,35+,40-,41-,42+,47-,48+,49+,50-,51-,52+,53-,54+,55-/m1/s1. The van der Waals surface area contributed by atoms with Crippen LogP contribution in [0.5, 0.6) is 0 Å². The van der Waals surface area contributed by atoms with Gasteiger partial charge in [-0.05, 0) is 78.5 Å². The van der Waals surface area contributed by atoms with Crippen LogP contribution in [0.25, 0.3) is 0 Å². The van der Waals surface area contributed by atoms with E-state index in [2.05, 4.69) is 17.0 Å². The molecule has 75 heavy (non-hydrogen) atoms. The van der Waals surface area contributed by atoms with E-state index in [1.807, 2.05) is 58.0 Å². The number of hydrogen-bond donors (Lipinski definition) is 0. The number of carbonyl (C=O) groups is 6. The first-order chi connectivity index (χ1) is 35.5. The zero-order valence-electron chi connectivity index (χ0n) is 47.1. The molecular formula is C55H88N2O18. The Hall–Kier alpha value is -4.28. The van der Waals surface area contributed by atoms with E-state index in [4.69, 9.17) is 56.8 Å². The van der Waals surface area contributed by atoms with Crippen LogP contribution in [-0.4, -0.2) is 186 Å². The first-order valence-corrected chi connectivity index (χ1v) is 26.6. The third-order valence-corrected chi connectivity index (χ3v) is 14.6. The van der Waals surface area contributed by atoms with Gasteiger partial charge < -0.3 is 61.7 Å². The number of hydrogen-bond acceptors (Lipinski definition) is 20. The molecule has 3 saturated heterocycles. The number of benzene rings is 1. The van der Waals surface area contributed by atoms with Crippen LogP contribution in [-0.2, 0) is 92.0 Å². The zero-order chi connectivity index (χ0) is 55.7. The van der Waals surface area contributed by atoms with Gasteiger partial charge in [0.15, 0.2) is 24.3 Å². The minimum atomic E-state index is -1.37.